The van der Waals surface area contributed by atoms with Crippen molar-refractivity contribution in [1.29, 1.82) is 0 Å². The quantitative estimate of drug-likeness (QED) is 0.638. The first-order chi connectivity index (χ1) is 13.2. The summed E-state index contributed by atoms with van der Waals surface area (Å²) in [5.74, 6) is 0.325. The van der Waals surface area contributed by atoms with Crippen molar-refractivity contribution in [1.82, 2.24) is 20.2 Å². The van der Waals surface area contributed by atoms with Gasteiger partial charge in [0.25, 0.3) is 0 Å². The molecule has 0 spiro atoms. The number of aromatic amines is 1. The van der Waals surface area contributed by atoms with Gasteiger partial charge in [0.2, 0.25) is 5.91 Å². The van der Waals surface area contributed by atoms with E-state index in [1.54, 1.807) is 18.0 Å². The van der Waals surface area contributed by atoms with Gasteiger partial charge in [0, 0.05) is 11.0 Å². The lowest BCUT2D eigenvalue weighted by molar-refractivity contribution is -0.140. The van der Waals surface area contributed by atoms with E-state index in [-0.39, 0.29) is 17.9 Å². The number of hydrogen-bond donors (Lipinski definition) is 3. The third kappa shape index (κ3) is 3.92. The molecule has 3 N–H and O–H groups in total. The van der Waals surface area contributed by atoms with Crippen molar-refractivity contribution < 1.29 is 14.7 Å². The molecule has 1 aliphatic rings. The Hall–Kier alpha value is -2.35. The van der Waals surface area contributed by atoms with E-state index in [2.05, 4.69) is 31.2 Å². The summed E-state index contributed by atoms with van der Waals surface area (Å²) in [5.41, 5.74) is 0.713. The summed E-state index contributed by atoms with van der Waals surface area (Å²) in [6.45, 7) is 5.93. The van der Waals surface area contributed by atoms with Gasteiger partial charge >= 0.3 is 6.09 Å². The minimum Gasteiger partial charge on any atom is -0.465 e. The molecule has 2 unspecified atom stereocenters. The molecule has 28 heavy (non-hydrogen) atoms. The van der Waals surface area contributed by atoms with E-state index in [0.717, 1.165) is 34.4 Å². The Kier molecular flexibility index (Phi) is 5.79. The Morgan fingerprint density at radius 1 is 1.36 bits per heavy atom. The zero-order valence-electron chi connectivity index (χ0n) is 16.2. The zero-order valence-corrected chi connectivity index (χ0v) is 17.8. The number of hydrogen-bond acceptors (Lipinski definition) is 3. The number of carbonyl (C=O) groups is 2. The van der Waals surface area contributed by atoms with Gasteiger partial charge in [-0.1, -0.05) is 41.9 Å². The number of benzene rings is 1. The molecule has 150 valence electrons. The second kappa shape index (κ2) is 7.95. The van der Waals surface area contributed by atoms with Crippen LogP contribution in [-0.2, 0) is 4.79 Å². The highest BCUT2D eigenvalue weighted by Gasteiger charge is 2.45. The Morgan fingerprint density at radius 3 is 2.64 bits per heavy atom. The number of rotatable bonds is 5. The van der Waals surface area contributed by atoms with Crippen LogP contribution >= 0.6 is 15.9 Å². The topological polar surface area (TPSA) is 98.3 Å². The SMILES string of the molecule is CC(C)C(C)(NC(=O)O)C(=O)N1CCCC1c1ncc(-c2ccc(Br)cc2)[nH]1. The van der Waals surface area contributed by atoms with E-state index >= 15 is 0 Å². The van der Waals surface area contributed by atoms with Crippen molar-refractivity contribution >= 4 is 27.9 Å². The van der Waals surface area contributed by atoms with Gasteiger partial charge in [0.1, 0.15) is 11.4 Å². The predicted octanol–water partition coefficient (Wildman–Crippen LogP) is 4.19. The van der Waals surface area contributed by atoms with Gasteiger partial charge in [0.15, 0.2) is 0 Å². The molecule has 1 fully saturated rings. The molecule has 2 aromatic rings. The summed E-state index contributed by atoms with van der Waals surface area (Å²) in [6, 6.07) is 7.72. The Balaban J connectivity index is 1.86. The first-order valence-corrected chi connectivity index (χ1v) is 10.1. The van der Waals surface area contributed by atoms with E-state index in [1.165, 1.54) is 0 Å². The molecular weight excluding hydrogens is 424 g/mol. The van der Waals surface area contributed by atoms with Gasteiger partial charge in [0.05, 0.1) is 17.9 Å². The summed E-state index contributed by atoms with van der Waals surface area (Å²) >= 11 is 3.43. The number of halogens is 1. The normalized spacial score (nSPS) is 18.9. The first-order valence-electron chi connectivity index (χ1n) is 9.35. The number of nitrogens with one attached hydrogen (secondary N) is 2. The summed E-state index contributed by atoms with van der Waals surface area (Å²) in [6.07, 6.45) is 2.22. The lowest BCUT2D eigenvalue weighted by Crippen LogP contribution is -2.60. The number of imidazole rings is 1. The molecule has 1 saturated heterocycles. The lowest BCUT2D eigenvalue weighted by Gasteiger charge is -2.37. The molecule has 1 aromatic carbocycles. The van der Waals surface area contributed by atoms with Crippen LogP contribution in [0, 0.1) is 5.92 Å². The highest BCUT2D eigenvalue weighted by Crippen LogP contribution is 2.34. The molecule has 3 rings (SSSR count). The molecular formula is C20H25BrN4O3. The van der Waals surface area contributed by atoms with E-state index in [9.17, 15) is 14.7 Å². The summed E-state index contributed by atoms with van der Waals surface area (Å²) in [4.78, 5) is 34.2. The van der Waals surface area contributed by atoms with E-state index < -0.39 is 11.6 Å². The number of carbonyl (C=O) groups excluding carboxylic acids is 1. The van der Waals surface area contributed by atoms with Crippen LogP contribution in [0.5, 0.6) is 0 Å². The number of carboxylic acid groups (broad SMARTS) is 1. The molecule has 0 saturated carbocycles. The van der Waals surface area contributed by atoms with Crippen LogP contribution in [0.2, 0.25) is 0 Å². The Morgan fingerprint density at radius 2 is 2.04 bits per heavy atom. The van der Waals surface area contributed by atoms with Crippen molar-refractivity contribution in [3.05, 3.63) is 40.8 Å². The molecule has 0 bridgehead atoms. The molecule has 2 atom stereocenters. The third-order valence-electron chi connectivity index (χ3n) is 5.55. The molecule has 0 radical (unpaired) electrons. The minimum absolute atomic E-state index is 0.188. The fourth-order valence-corrected chi connectivity index (χ4v) is 3.81. The number of likely N-dealkylation sites (tertiary alicyclic amines) is 1. The lowest BCUT2D eigenvalue weighted by atomic mass is 9.86. The van der Waals surface area contributed by atoms with Crippen LogP contribution in [0.25, 0.3) is 11.3 Å². The largest absolute Gasteiger partial charge is 0.465 e. The van der Waals surface area contributed by atoms with Crippen LogP contribution in [-0.4, -0.2) is 44.1 Å². The molecule has 1 aliphatic heterocycles. The summed E-state index contributed by atoms with van der Waals surface area (Å²) in [5, 5.41) is 11.6. The second-order valence-corrected chi connectivity index (χ2v) is 8.55. The van der Waals surface area contributed by atoms with Crippen LogP contribution < -0.4 is 5.32 Å². The monoisotopic (exact) mass is 448 g/mol. The number of nitrogens with zero attached hydrogens (tertiary/aromatic N) is 2. The average molecular weight is 449 g/mol. The molecule has 2 heterocycles. The Bertz CT molecular complexity index is 865. The maximum Gasteiger partial charge on any atom is 0.405 e. The standard InChI is InChI=1S/C20H25BrN4O3/c1-12(2)20(3,24-19(27)28)18(26)25-10-4-5-16(25)17-22-11-15(23-17)13-6-8-14(21)9-7-13/h6-9,11-12,16,24H,4-5,10H2,1-3H3,(H,22,23)(H,27,28). The third-order valence-corrected chi connectivity index (χ3v) is 6.07. The number of H-pyrrole nitrogens is 1. The fourth-order valence-electron chi connectivity index (χ4n) is 3.54. The Labute approximate surface area is 172 Å². The van der Waals surface area contributed by atoms with Gasteiger partial charge in [-0.25, -0.2) is 9.78 Å². The van der Waals surface area contributed by atoms with Crippen LogP contribution in [0.4, 0.5) is 4.79 Å². The predicted molar refractivity (Wildman–Crippen MR) is 110 cm³/mol. The van der Waals surface area contributed by atoms with E-state index in [4.69, 9.17) is 0 Å². The molecule has 7 nitrogen and oxygen atoms in total. The smallest absolute Gasteiger partial charge is 0.405 e. The fraction of sp³-hybridized carbons (Fsp3) is 0.450. The number of aromatic nitrogens is 2. The van der Waals surface area contributed by atoms with Gasteiger partial charge in [-0.15, -0.1) is 0 Å². The van der Waals surface area contributed by atoms with Gasteiger partial charge < -0.3 is 20.3 Å². The average Bonchev–Trinajstić information content (AvgIpc) is 3.30. The molecule has 1 aromatic heterocycles. The van der Waals surface area contributed by atoms with Crippen molar-refractivity contribution in [2.75, 3.05) is 6.54 Å². The van der Waals surface area contributed by atoms with Crippen molar-refractivity contribution in [2.24, 2.45) is 5.92 Å². The maximum atomic E-state index is 13.3. The van der Waals surface area contributed by atoms with E-state index in [1.807, 2.05) is 38.1 Å². The van der Waals surface area contributed by atoms with Crippen molar-refractivity contribution in [3.8, 4) is 11.3 Å². The first kappa shape index (κ1) is 20.4. The van der Waals surface area contributed by atoms with Crippen LogP contribution in [0.1, 0.15) is 45.5 Å². The van der Waals surface area contributed by atoms with Crippen molar-refractivity contribution in [3.63, 3.8) is 0 Å². The van der Waals surface area contributed by atoms with Gasteiger partial charge in [-0.05, 0) is 43.4 Å². The number of amides is 2. The maximum absolute atomic E-state index is 13.3. The summed E-state index contributed by atoms with van der Waals surface area (Å²) < 4.78 is 1.00. The van der Waals surface area contributed by atoms with Crippen LogP contribution in [0.15, 0.2) is 34.9 Å². The summed E-state index contributed by atoms with van der Waals surface area (Å²) in [7, 11) is 0. The zero-order chi connectivity index (χ0) is 20.5. The molecule has 0 aliphatic carbocycles. The highest BCUT2D eigenvalue weighted by atomic mass is 79.9. The van der Waals surface area contributed by atoms with Gasteiger partial charge in [-0.3, -0.25) is 4.79 Å². The van der Waals surface area contributed by atoms with Crippen LogP contribution in [0.3, 0.4) is 0 Å². The minimum atomic E-state index is -1.20. The highest BCUT2D eigenvalue weighted by molar-refractivity contribution is 9.10. The van der Waals surface area contributed by atoms with E-state index in [0.29, 0.717) is 6.54 Å². The molecule has 8 heteroatoms. The molecule has 2 amide bonds. The second-order valence-electron chi connectivity index (χ2n) is 7.63. The van der Waals surface area contributed by atoms with Crippen molar-refractivity contribution in [2.45, 2.75) is 45.2 Å². The van der Waals surface area contributed by atoms with Gasteiger partial charge in [-0.2, -0.15) is 0 Å².